The summed E-state index contributed by atoms with van der Waals surface area (Å²) in [7, 11) is 0. The van der Waals surface area contributed by atoms with Crippen LogP contribution in [0.15, 0.2) is 70.9 Å². The second-order valence-corrected chi connectivity index (χ2v) is 9.11. The number of aliphatic hydroxyl groups excluding tert-OH is 1. The zero-order chi connectivity index (χ0) is 23.8. The van der Waals surface area contributed by atoms with Crippen LogP contribution in [0.4, 0.5) is 5.13 Å². The van der Waals surface area contributed by atoms with Gasteiger partial charge in [-0.05, 0) is 48.9 Å². The first kappa shape index (κ1) is 22.2. The predicted molar refractivity (Wildman–Crippen MR) is 130 cm³/mol. The van der Waals surface area contributed by atoms with E-state index in [1.807, 2.05) is 6.92 Å². The van der Waals surface area contributed by atoms with Crippen molar-refractivity contribution in [3.05, 3.63) is 82.8 Å². The number of halogens is 1. The molecule has 1 aliphatic rings. The molecule has 1 unspecified atom stereocenters. The van der Waals surface area contributed by atoms with Gasteiger partial charge in [-0.1, -0.05) is 42.0 Å². The minimum Gasteiger partial charge on any atom is -0.507 e. The first-order valence-electron chi connectivity index (χ1n) is 10.6. The number of benzene rings is 2. The maximum atomic E-state index is 13.2. The Labute approximate surface area is 203 Å². The third-order valence-corrected chi connectivity index (χ3v) is 6.64. The molecule has 1 saturated heterocycles. The molecule has 0 radical (unpaired) electrons. The minimum absolute atomic E-state index is 0.0788. The van der Waals surface area contributed by atoms with Gasteiger partial charge in [-0.3, -0.25) is 14.5 Å². The number of amides is 1. The Hall–Kier alpha value is -3.62. The van der Waals surface area contributed by atoms with E-state index in [9.17, 15) is 14.7 Å². The van der Waals surface area contributed by atoms with Crippen molar-refractivity contribution in [2.75, 3.05) is 11.5 Å². The van der Waals surface area contributed by atoms with Crippen LogP contribution in [0.1, 0.15) is 30.7 Å². The lowest BCUT2D eigenvalue weighted by Crippen LogP contribution is -2.29. The zero-order valence-electron chi connectivity index (χ0n) is 18.0. The van der Waals surface area contributed by atoms with E-state index in [1.54, 1.807) is 54.6 Å². The number of carbonyl (C=O) groups excluding carboxylic acids is 2. The molecule has 7 nitrogen and oxygen atoms in total. The number of aromatic nitrogens is 1. The summed E-state index contributed by atoms with van der Waals surface area (Å²) in [5.41, 5.74) is 0.925. The summed E-state index contributed by atoms with van der Waals surface area (Å²) in [6.45, 7) is 2.51. The monoisotopic (exact) mass is 494 g/mol. The standard InChI is InChI=1S/C25H19ClN2O5S/c1-2-10-32-16-6-3-5-14(12-16)22(29)20-21(18-7-4-11-33-18)28(24(31)23(20)30)25-27-17-9-8-15(26)13-19(17)34-25/h3-9,11-13,21,29H,2,10H2,1H3/b22-20+. The number of carbonyl (C=O) groups is 2. The molecule has 0 spiro atoms. The Morgan fingerprint density at radius 3 is 2.82 bits per heavy atom. The van der Waals surface area contributed by atoms with Crippen LogP contribution in [0.3, 0.4) is 0 Å². The summed E-state index contributed by atoms with van der Waals surface area (Å²) in [4.78, 5) is 32.2. The van der Waals surface area contributed by atoms with Gasteiger partial charge in [0.15, 0.2) is 5.13 Å². The van der Waals surface area contributed by atoms with Gasteiger partial charge in [0.2, 0.25) is 0 Å². The summed E-state index contributed by atoms with van der Waals surface area (Å²) >= 11 is 7.33. The number of fused-ring (bicyclic) bond motifs is 1. The second-order valence-electron chi connectivity index (χ2n) is 7.67. The highest BCUT2D eigenvalue weighted by molar-refractivity contribution is 7.22. The SMILES string of the molecule is CCCOc1cccc(/C(O)=C2\C(=O)C(=O)N(c3nc4ccc(Cl)cc4s3)C2c2ccco2)c1. The summed E-state index contributed by atoms with van der Waals surface area (Å²) in [5.74, 6) is -1.05. The molecule has 1 aliphatic heterocycles. The highest BCUT2D eigenvalue weighted by atomic mass is 35.5. The quantitative estimate of drug-likeness (QED) is 0.202. The lowest BCUT2D eigenvalue weighted by molar-refractivity contribution is -0.132. The van der Waals surface area contributed by atoms with Crippen molar-refractivity contribution in [1.29, 1.82) is 0 Å². The molecular weight excluding hydrogens is 476 g/mol. The molecule has 2 aromatic carbocycles. The lowest BCUT2D eigenvalue weighted by atomic mass is 9.99. The van der Waals surface area contributed by atoms with Crippen LogP contribution in [0.25, 0.3) is 16.0 Å². The lowest BCUT2D eigenvalue weighted by Gasteiger charge is -2.20. The van der Waals surface area contributed by atoms with Crippen molar-refractivity contribution >= 4 is 55.7 Å². The van der Waals surface area contributed by atoms with Gasteiger partial charge in [-0.15, -0.1) is 0 Å². The van der Waals surface area contributed by atoms with Crippen molar-refractivity contribution in [3.63, 3.8) is 0 Å². The summed E-state index contributed by atoms with van der Waals surface area (Å²) in [6, 6.07) is 14.3. The Balaban J connectivity index is 1.65. The first-order valence-corrected chi connectivity index (χ1v) is 11.8. The number of rotatable bonds is 6. The van der Waals surface area contributed by atoms with Crippen LogP contribution >= 0.6 is 22.9 Å². The number of furan rings is 1. The van der Waals surface area contributed by atoms with E-state index in [2.05, 4.69) is 4.98 Å². The molecule has 0 saturated carbocycles. The van der Waals surface area contributed by atoms with E-state index in [0.29, 0.717) is 39.4 Å². The first-order chi connectivity index (χ1) is 16.5. The maximum Gasteiger partial charge on any atom is 0.302 e. The van der Waals surface area contributed by atoms with Gasteiger partial charge in [0.1, 0.15) is 23.3 Å². The van der Waals surface area contributed by atoms with E-state index in [4.69, 9.17) is 20.8 Å². The third-order valence-electron chi connectivity index (χ3n) is 5.38. The van der Waals surface area contributed by atoms with E-state index >= 15 is 0 Å². The zero-order valence-corrected chi connectivity index (χ0v) is 19.6. The number of anilines is 1. The Morgan fingerprint density at radius 2 is 2.06 bits per heavy atom. The number of ketones is 1. The van der Waals surface area contributed by atoms with Crippen LogP contribution in [-0.2, 0) is 9.59 Å². The average molecular weight is 495 g/mol. The van der Waals surface area contributed by atoms with Crippen LogP contribution in [0, 0.1) is 0 Å². The molecule has 1 fully saturated rings. The second kappa shape index (κ2) is 8.96. The number of nitrogens with zero attached hydrogens (tertiary/aromatic N) is 2. The highest BCUT2D eigenvalue weighted by Gasteiger charge is 2.49. The Bertz CT molecular complexity index is 1430. The van der Waals surface area contributed by atoms with Crippen LogP contribution < -0.4 is 9.64 Å². The molecule has 1 N–H and O–H groups in total. The van der Waals surface area contributed by atoms with Crippen LogP contribution in [-0.4, -0.2) is 28.4 Å². The molecule has 2 aromatic heterocycles. The van der Waals surface area contributed by atoms with E-state index in [1.165, 1.54) is 22.5 Å². The minimum atomic E-state index is -0.980. The molecule has 0 aliphatic carbocycles. The smallest absolute Gasteiger partial charge is 0.302 e. The van der Waals surface area contributed by atoms with Gasteiger partial charge in [0, 0.05) is 10.6 Å². The number of aliphatic hydroxyl groups is 1. The molecule has 9 heteroatoms. The highest BCUT2D eigenvalue weighted by Crippen LogP contribution is 2.44. The molecule has 172 valence electrons. The van der Waals surface area contributed by atoms with Crippen molar-refractivity contribution in [1.82, 2.24) is 4.98 Å². The maximum absolute atomic E-state index is 13.2. The van der Waals surface area contributed by atoms with Gasteiger partial charge in [0.05, 0.1) is 28.7 Å². The van der Waals surface area contributed by atoms with Crippen LogP contribution in [0.2, 0.25) is 5.02 Å². The number of hydrogen-bond donors (Lipinski definition) is 1. The molecular formula is C25H19ClN2O5S. The average Bonchev–Trinajstić information content (AvgIpc) is 3.56. The van der Waals surface area contributed by atoms with E-state index in [-0.39, 0.29) is 11.3 Å². The molecule has 34 heavy (non-hydrogen) atoms. The van der Waals surface area contributed by atoms with Crippen molar-refractivity contribution in [3.8, 4) is 5.75 Å². The fourth-order valence-corrected chi connectivity index (χ4v) is 5.11. The molecule has 1 atom stereocenters. The van der Waals surface area contributed by atoms with Gasteiger partial charge in [-0.2, -0.15) is 0 Å². The van der Waals surface area contributed by atoms with Crippen molar-refractivity contribution in [2.45, 2.75) is 19.4 Å². The molecule has 1 amide bonds. The van der Waals surface area contributed by atoms with Gasteiger partial charge in [-0.25, -0.2) is 4.98 Å². The predicted octanol–water partition coefficient (Wildman–Crippen LogP) is 5.96. The Morgan fingerprint density at radius 1 is 1.21 bits per heavy atom. The molecule has 0 bridgehead atoms. The summed E-state index contributed by atoms with van der Waals surface area (Å²) in [6.07, 6.45) is 2.28. The van der Waals surface area contributed by atoms with Crippen molar-refractivity contribution in [2.24, 2.45) is 0 Å². The molecule has 4 aromatic rings. The number of ether oxygens (including phenoxy) is 1. The third kappa shape index (κ3) is 3.85. The van der Waals surface area contributed by atoms with E-state index in [0.717, 1.165) is 11.1 Å². The fraction of sp³-hybridized carbons (Fsp3) is 0.160. The normalized spacial score (nSPS) is 17.6. The van der Waals surface area contributed by atoms with Gasteiger partial charge < -0.3 is 14.3 Å². The summed E-state index contributed by atoms with van der Waals surface area (Å²) in [5, 5.41) is 12.1. The van der Waals surface area contributed by atoms with Crippen LogP contribution in [0.5, 0.6) is 5.75 Å². The van der Waals surface area contributed by atoms with Gasteiger partial charge >= 0.3 is 5.91 Å². The van der Waals surface area contributed by atoms with Crippen molar-refractivity contribution < 1.29 is 23.8 Å². The fourth-order valence-electron chi connectivity index (χ4n) is 3.84. The number of thiazole rings is 1. The molecule has 5 rings (SSSR count). The number of hydrogen-bond acceptors (Lipinski definition) is 7. The summed E-state index contributed by atoms with van der Waals surface area (Å²) < 4.78 is 12.0. The largest absolute Gasteiger partial charge is 0.507 e. The molecule has 3 heterocycles. The topological polar surface area (TPSA) is 92.9 Å². The van der Waals surface area contributed by atoms with Gasteiger partial charge in [0.25, 0.3) is 5.78 Å². The Kier molecular flexibility index (Phi) is 5.85. The number of Topliss-reactive ketones (excluding diaryl/α,β-unsaturated/α-hetero) is 1. The van der Waals surface area contributed by atoms with E-state index < -0.39 is 17.7 Å².